The predicted molar refractivity (Wildman–Crippen MR) is 54.3 cm³/mol. The molecule has 2 bridgehead atoms. The van der Waals surface area contributed by atoms with Gasteiger partial charge in [-0.15, -0.1) is 0 Å². The van der Waals surface area contributed by atoms with Gasteiger partial charge in [0, 0.05) is 37.6 Å². The summed E-state index contributed by atoms with van der Waals surface area (Å²) in [6.07, 6.45) is 5.03. The number of anilines is 1. The highest BCUT2D eigenvalue weighted by molar-refractivity contribution is 5.36. The Morgan fingerprint density at radius 1 is 1.43 bits per heavy atom. The average Bonchev–Trinajstić information content (AvgIpc) is 2.80. The van der Waals surface area contributed by atoms with Crippen LogP contribution >= 0.6 is 0 Å². The Morgan fingerprint density at radius 2 is 2.21 bits per heavy atom. The molecule has 1 aromatic rings. The van der Waals surface area contributed by atoms with E-state index in [1.165, 1.54) is 6.42 Å². The third-order valence-corrected chi connectivity index (χ3v) is 3.08. The standard InChI is InChI=1S/C10H14N4/c1-7-3-12-10(13-4-7)14-6-8-2-9(14)5-11-8/h3-4,8-9,11H,2,5-6H2,1H3. The summed E-state index contributed by atoms with van der Waals surface area (Å²) in [5.41, 5.74) is 1.12. The van der Waals surface area contributed by atoms with Gasteiger partial charge in [0.2, 0.25) is 5.95 Å². The number of aromatic nitrogens is 2. The van der Waals surface area contributed by atoms with Gasteiger partial charge in [-0.1, -0.05) is 0 Å². The number of nitrogens with one attached hydrogen (secondary N) is 1. The number of nitrogens with zero attached hydrogens (tertiary/aromatic N) is 3. The van der Waals surface area contributed by atoms with Gasteiger partial charge in [-0.05, 0) is 18.9 Å². The van der Waals surface area contributed by atoms with Crippen LogP contribution in [0, 0.1) is 6.92 Å². The van der Waals surface area contributed by atoms with E-state index in [1.54, 1.807) is 0 Å². The molecule has 1 aromatic heterocycles. The molecule has 3 rings (SSSR count). The third kappa shape index (κ3) is 1.18. The van der Waals surface area contributed by atoms with Crippen LogP contribution in [0.2, 0.25) is 0 Å². The maximum atomic E-state index is 4.37. The van der Waals surface area contributed by atoms with E-state index in [9.17, 15) is 0 Å². The van der Waals surface area contributed by atoms with E-state index in [0.717, 1.165) is 24.6 Å². The molecule has 0 spiro atoms. The second kappa shape index (κ2) is 2.92. The van der Waals surface area contributed by atoms with Gasteiger partial charge in [-0.2, -0.15) is 0 Å². The Balaban J connectivity index is 1.86. The molecule has 14 heavy (non-hydrogen) atoms. The first-order valence-electron chi connectivity index (χ1n) is 5.11. The van der Waals surface area contributed by atoms with E-state index >= 15 is 0 Å². The predicted octanol–water partition coefficient (Wildman–Crippen LogP) is 0.336. The van der Waals surface area contributed by atoms with E-state index in [1.807, 2.05) is 19.3 Å². The summed E-state index contributed by atoms with van der Waals surface area (Å²) in [6, 6.07) is 1.27. The minimum absolute atomic E-state index is 0.614. The zero-order chi connectivity index (χ0) is 9.54. The van der Waals surface area contributed by atoms with Gasteiger partial charge in [0.15, 0.2) is 0 Å². The van der Waals surface area contributed by atoms with Crippen molar-refractivity contribution in [1.29, 1.82) is 0 Å². The summed E-state index contributed by atoms with van der Waals surface area (Å²) >= 11 is 0. The van der Waals surface area contributed by atoms with Crippen molar-refractivity contribution >= 4 is 5.95 Å². The molecule has 0 aliphatic carbocycles. The van der Waals surface area contributed by atoms with Crippen LogP contribution < -0.4 is 10.2 Å². The minimum Gasteiger partial charge on any atom is -0.335 e. The van der Waals surface area contributed by atoms with E-state index < -0.39 is 0 Å². The number of fused-ring (bicyclic) bond motifs is 2. The van der Waals surface area contributed by atoms with Crippen molar-refractivity contribution in [2.75, 3.05) is 18.0 Å². The van der Waals surface area contributed by atoms with Crippen LogP contribution in [-0.4, -0.2) is 35.1 Å². The summed E-state index contributed by atoms with van der Waals surface area (Å²) in [5, 5.41) is 3.47. The van der Waals surface area contributed by atoms with Crippen molar-refractivity contribution in [2.45, 2.75) is 25.4 Å². The van der Waals surface area contributed by atoms with Gasteiger partial charge in [0.1, 0.15) is 0 Å². The maximum Gasteiger partial charge on any atom is 0.225 e. The van der Waals surface area contributed by atoms with E-state index in [0.29, 0.717) is 12.1 Å². The lowest BCUT2D eigenvalue weighted by atomic mass is 10.2. The third-order valence-electron chi connectivity index (χ3n) is 3.08. The Labute approximate surface area is 83.4 Å². The van der Waals surface area contributed by atoms with Crippen LogP contribution in [0.4, 0.5) is 5.95 Å². The lowest BCUT2D eigenvalue weighted by Gasteiger charge is -2.27. The molecule has 0 radical (unpaired) electrons. The zero-order valence-electron chi connectivity index (χ0n) is 8.27. The number of hydrogen-bond acceptors (Lipinski definition) is 4. The fourth-order valence-electron chi connectivity index (χ4n) is 2.34. The molecular formula is C10H14N4. The molecule has 2 atom stereocenters. The van der Waals surface area contributed by atoms with E-state index in [4.69, 9.17) is 0 Å². The number of rotatable bonds is 1. The van der Waals surface area contributed by atoms with E-state index in [-0.39, 0.29) is 0 Å². The van der Waals surface area contributed by atoms with Gasteiger partial charge < -0.3 is 10.2 Å². The van der Waals surface area contributed by atoms with Crippen LogP contribution in [0.1, 0.15) is 12.0 Å². The highest BCUT2D eigenvalue weighted by Crippen LogP contribution is 2.26. The molecule has 1 N–H and O–H groups in total. The molecular weight excluding hydrogens is 176 g/mol. The molecule has 0 aromatic carbocycles. The fraction of sp³-hybridized carbons (Fsp3) is 0.600. The summed E-state index contributed by atoms with van der Waals surface area (Å²) in [7, 11) is 0. The molecule has 2 aliphatic rings. The zero-order valence-corrected chi connectivity index (χ0v) is 8.27. The molecule has 3 heterocycles. The topological polar surface area (TPSA) is 41.1 Å². The van der Waals surface area contributed by atoms with Crippen molar-refractivity contribution in [2.24, 2.45) is 0 Å². The molecule has 0 amide bonds. The number of hydrogen-bond donors (Lipinski definition) is 1. The summed E-state index contributed by atoms with van der Waals surface area (Å²) in [6.45, 7) is 4.16. The van der Waals surface area contributed by atoms with Gasteiger partial charge in [-0.25, -0.2) is 9.97 Å². The lowest BCUT2D eigenvalue weighted by molar-refractivity contribution is 0.571. The highest BCUT2D eigenvalue weighted by atomic mass is 15.3. The summed E-state index contributed by atoms with van der Waals surface area (Å²) < 4.78 is 0. The van der Waals surface area contributed by atoms with Crippen molar-refractivity contribution in [3.63, 3.8) is 0 Å². The average molecular weight is 190 g/mol. The van der Waals surface area contributed by atoms with Crippen LogP contribution in [0.25, 0.3) is 0 Å². The Bertz CT molecular complexity index is 334. The van der Waals surface area contributed by atoms with Crippen molar-refractivity contribution in [1.82, 2.24) is 15.3 Å². The first-order valence-corrected chi connectivity index (χ1v) is 5.11. The SMILES string of the molecule is Cc1cnc(N2CC3CC2CN3)nc1. The molecule has 4 heteroatoms. The molecule has 2 saturated heterocycles. The largest absolute Gasteiger partial charge is 0.335 e. The van der Waals surface area contributed by atoms with E-state index in [2.05, 4.69) is 20.2 Å². The normalized spacial score (nSPS) is 29.9. The number of aryl methyl sites for hydroxylation is 1. The van der Waals surface area contributed by atoms with Crippen molar-refractivity contribution in [3.8, 4) is 0 Å². The first kappa shape index (κ1) is 8.17. The molecule has 74 valence electrons. The van der Waals surface area contributed by atoms with Gasteiger partial charge in [0.25, 0.3) is 0 Å². The van der Waals surface area contributed by atoms with Crippen molar-refractivity contribution < 1.29 is 0 Å². The maximum absolute atomic E-state index is 4.37. The first-order chi connectivity index (χ1) is 6.83. The molecule has 2 fully saturated rings. The Hall–Kier alpha value is -1.16. The van der Waals surface area contributed by atoms with Crippen molar-refractivity contribution in [3.05, 3.63) is 18.0 Å². The van der Waals surface area contributed by atoms with Crippen LogP contribution in [0.15, 0.2) is 12.4 Å². The second-order valence-corrected chi connectivity index (χ2v) is 4.21. The smallest absolute Gasteiger partial charge is 0.225 e. The molecule has 4 nitrogen and oxygen atoms in total. The van der Waals surface area contributed by atoms with Gasteiger partial charge >= 0.3 is 0 Å². The Morgan fingerprint density at radius 3 is 2.79 bits per heavy atom. The molecule has 2 unspecified atom stereocenters. The lowest BCUT2D eigenvalue weighted by Crippen LogP contribution is -2.44. The second-order valence-electron chi connectivity index (χ2n) is 4.21. The summed E-state index contributed by atoms with van der Waals surface area (Å²) in [5.74, 6) is 0.893. The minimum atomic E-state index is 0.614. The Kier molecular flexibility index (Phi) is 1.70. The highest BCUT2D eigenvalue weighted by Gasteiger charge is 2.38. The van der Waals surface area contributed by atoms with Crippen LogP contribution in [0.5, 0.6) is 0 Å². The summed E-state index contributed by atoms with van der Waals surface area (Å²) in [4.78, 5) is 11.1. The monoisotopic (exact) mass is 190 g/mol. The van der Waals surface area contributed by atoms with Crippen LogP contribution in [0.3, 0.4) is 0 Å². The molecule has 2 aliphatic heterocycles. The van der Waals surface area contributed by atoms with Crippen LogP contribution in [-0.2, 0) is 0 Å². The van der Waals surface area contributed by atoms with Gasteiger partial charge in [-0.3, -0.25) is 0 Å². The number of piperazine rings is 1. The quantitative estimate of drug-likeness (QED) is 0.693. The van der Waals surface area contributed by atoms with Gasteiger partial charge in [0.05, 0.1) is 0 Å². The molecule has 0 saturated carbocycles. The fourth-order valence-corrected chi connectivity index (χ4v) is 2.34.